The minimum atomic E-state index is -0.878. The van der Waals surface area contributed by atoms with Gasteiger partial charge in [0, 0.05) is 30.7 Å². The lowest BCUT2D eigenvalue weighted by molar-refractivity contribution is -0.144. The maximum atomic E-state index is 13.1. The van der Waals surface area contributed by atoms with Gasteiger partial charge in [-0.25, -0.2) is 4.39 Å². The lowest BCUT2D eigenvalue weighted by atomic mass is 9.68. The standard InChI is InChI=1S/C15H18FNO4/c16-11-1-2-12(17-8-11)14(7-13(18)19)3-6-21-15(9-14)4-5-20-10-15/h1-2,8H,3-7,9-10H2,(H,18,19)/t14-,15+/m0/s1. The Morgan fingerprint density at radius 3 is 2.86 bits per heavy atom. The van der Waals surface area contributed by atoms with E-state index < -0.39 is 22.8 Å². The van der Waals surface area contributed by atoms with E-state index in [1.54, 1.807) is 6.07 Å². The first-order chi connectivity index (χ1) is 10.0. The quantitative estimate of drug-likeness (QED) is 0.922. The number of carboxylic acids is 1. The number of carboxylic acid groups (broad SMARTS) is 1. The van der Waals surface area contributed by atoms with Crippen LogP contribution in [-0.2, 0) is 19.7 Å². The van der Waals surface area contributed by atoms with Crippen LogP contribution in [0.15, 0.2) is 18.3 Å². The summed E-state index contributed by atoms with van der Waals surface area (Å²) in [7, 11) is 0. The second-order valence-electron chi connectivity index (χ2n) is 5.97. The molecule has 2 atom stereocenters. The molecule has 2 aliphatic heterocycles. The van der Waals surface area contributed by atoms with Crippen LogP contribution < -0.4 is 0 Å². The fourth-order valence-corrected chi connectivity index (χ4v) is 3.50. The van der Waals surface area contributed by atoms with Crippen molar-refractivity contribution in [3.05, 3.63) is 29.8 Å². The molecule has 2 fully saturated rings. The number of hydrogen-bond acceptors (Lipinski definition) is 4. The number of pyridine rings is 1. The van der Waals surface area contributed by atoms with Gasteiger partial charge in [0.05, 0.1) is 24.8 Å². The Morgan fingerprint density at radius 1 is 1.38 bits per heavy atom. The number of aliphatic carboxylic acids is 1. The third kappa shape index (κ3) is 2.78. The van der Waals surface area contributed by atoms with Crippen molar-refractivity contribution in [2.45, 2.75) is 36.7 Å². The van der Waals surface area contributed by atoms with Gasteiger partial charge in [-0.15, -0.1) is 0 Å². The fourth-order valence-electron chi connectivity index (χ4n) is 3.50. The number of carbonyl (C=O) groups is 1. The van der Waals surface area contributed by atoms with E-state index in [0.717, 1.165) is 12.6 Å². The van der Waals surface area contributed by atoms with Crippen molar-refractivity contribution in [1.29, 1.82) is 0 Å². The lowest BCUT2D eigenvalue weighted by Gasteiger charge is -2.44. The Labute approximate surface area is 122 Å². The minimum absolute atomic E-state index is 0.0310. The molecule has 2 aliphatic rings. The summed E-state index contributed by atoms with van der Waals surface area (Å²) >= 11 is 0. The predicted octanol–water partition coefficient (Wildman–Crippen LogP) is 1.90. The number of rotatable bonds is 3. The van der Waals surface area contributed by atoms with Crippen LogP contribution in [-0.4, -0.2) is 41.5 Å². The van der Waals surface area contributed by atoms with Crippen molar-refractivity contribution in [3.8, 4) is 0 Å². The van der Waals surface area contributed by atoms with E-state index >= 15 is 0 Å². The second kappa shape index (κ2) is 5.35. The number of halogens is 1. The molecule has 1 N–H and O–H groups in total. The van der Waals surface area contributed by atoms with Crippen LogP contribution in [0.2, 0.25) is 0 Å². The molecule has 114 valence electrons. The van der Waals surface area contributed by atoms with Gasteiger partial charge >= 0.3 is 5.97 Å². The highest BCUT2D eigenvalue weighted by molar-refractivity contribution is 5.69. The fraction of sp³-hybridized carbons (Fsp3) is 0.600. The van der Waals surface area contributed by atoms with E-state index in [-0.39, 0.29) is 6.42 Å². The molecule has 0 amide bonds. The summed E-state index contributed by atoms with van der Waals surface area (Å²) in [6.45, 7) is 1.57. The normalized spacial score (nSPS) is 32.4. The van der Waals surface area contributed by atoms with Crippen LogP contribution in [0.3, 0.4) is 0 Å². The van der Waals surface area contributed by atoms with Crippen molar-refractivity contribution in [2.75, 3.05) is 19.8 Å². The molecule has 3 heterocycles. The molecule has 0 aliphatic carbocycles. The SMILES string of the molecule is O=C(O)C[C@@]1(c2ccc(F)cn2)CCO[C@]2(CCOC2)C1. The van der Waals surface area contributed by atoms with Crippen molar-refractivity contribution < 1.29 is 23.8 Å². The summed E-state index contributed by atoms with van der Waals surface area (Å²) in [5, 5.41) is 9.30. The van der Waals surface area contributed by atoms with Gasteiger partial charge in [-0.3, -0.25) is 9.78 Å². The Bertz CT molecular complexity index is 527. The molecule has 0 bridgehead atoms. The third-order valence-electron chi connectivity index (χ3n) is 4.48. The average molecular weight is 295 g/mol. The number of ether oxygens (including phenoxy) is 2. The maximum Gasteiger partial charge on any atom is 0.304 e. The predicted molar refractivity (Wildman–Crippen MR) is 71.5 cm³/mol. The summed E-state index contributed by atoms with van der Waals surface area (Å²) in [5.74, 6) is -1.30. The smallest absolute Gasteiger partial charge is 0.304 e. The van der Waals surface area contributed by atoms with Crippen molar-refractivity contribution in [3.63, 3.8) is 0 Å². The van der Waals surface area contributed by atoms with Crippen LogP contribution in [0.25, 0.3) is 0 Å². The molecule has 0 saturated carbocycles. The maximum absolute atomic E-state index is 13.1. The van der Waals surface area contributed by atoms with Crippen molar-refractivity contribution >= 4 is 5.97 Å². The minimum Gasteiger partial charge on any atom is -0.481 e. The molecule has 1 aromatic heterocycles. The molecule has 2 saturated heterocycles. The van der Waals surface area contributed by atoms with E-state index in [0.29, 0.717) is 38.4 Å². The van der Waals surface area contributed by atoms with E-state index in [4.69, 9.17) is 9.47 Å². The summed E-state index contributed by atoms with van der Waals surface area (Å²) < 4.78 is 24.4. The molecular weight excluding hydrogens is 277 g/mol. The summed E-state index contributed by atoms with van der Waals surface area (Å²) in [5.41, 5.74) is -0.421. The van der Waals surface area contributed by atoms with Gasteiger partial charge in [0.15, 0.2) is 0 Å². The van der Waals surface area contributed by atoms with Gasteiger partial charge in [-0.1, -0.05) is 0 Å². The number of hydrogen-bond donors (Lipinski definition) is 1. The van der Waals surface area contributed by atoms with Crippen LogP contribution in [0.5, 0.6) is 0 Å². The molecule has 21 heavy (non-hydrogen) atoms. The topological polar surface area (TPSA) is 68.7 Å². The van der Waals surface area contributed by atoms with Gasteiger partial charge in [-0.2, -0.15) is 0 Å². The summed E-state index contributed by atoms with van der Waals surface area (Å²) in [6.07, 6.45) is 2.99. The highest BCUT2D eigenvalue weighted by atomic mass is 19.1. The van der Waals surface area contributed by atoms with E-state index in [1.165, 1.54) is 6.07 Å². The molecule has 0 radical (unpaired) electrons. The Balaban J connectivity index is 1.96. The molecule has 3 rings (SSSR count). The zero-order valence-corrected chi connectivity index (χ0v) is 11.7. The Hall–Kier alpha value is -1.53. The van der Waals surface area contributed by atoms with E-state index in [9.17, 15) is 14.3 Å². The van der Waals surface area contributed by atoms with Crippen LogP contribution in [0.1, 0.15) is 31.4 Å². The van der Waals surface area contributed by atoms with Crippen molar-refractivity contribution in [1.82, 2.24) is 4.98 Å². The van der Waals surface area contributed by atoms with Crippen LogP contribution in [0, 0.1) is 5.82 Å². The van der Waals surface area contributed by atoms with Gasteiger partial charge in [0.2, 0.25) is 0 Å². The Morgan fingerprint density at radius 2 is 2.24 bits per heavy atom. The van der Waals surface area contributed by atoms with Gasteiger partial charge < -0.3 is 14.6 Å². The van der Waals surface area contributed by atoms with Gasteiger partial charge in [0.25, 0.3) is 0 Å². The highest BCUT2D eigenvalue weighted by Gasteiger charge is 2.50. The highest BCUT2D eigenvalue weighted by Crippen LogP contribution is 2.46. The van der Waals surface area contributed by atoms with Gasteiger partial charge in [0.1, 0.15) is 5.82 Å². The number of aromatic nitrogens is 1. The monoisotopic (exact) mass is 295 g/mol. The summed E-state index contributed by atoms with van der Waals surface area (Å²) in [4.78, 5) is 15.5. The van der Waals surface area contributed by atoms with Crippen LogP contribution in [0.4, 0.5) is 4.39 Å². The average Bonchev–Trinajstić information content (AvgIpc) is 2.86. The molecule has 0 aromatic carbocycles. The first kappa shape index (κ1) is 14.4. The Kier molecular flexibility index (Phi) is 3.67. The molecule has 0 unspecified atom stereocenters. The summed E-state index contributed by atoms with van der Waals surface area (Å²) in [6, 6.07) is 2.92. The number of nitrogens with zero attached hydrogens (tertiary/aromatic N) is 1. The van der Waals surface area contributed by atoms with Gasteiger partial charge in [-0.05, 0) is 25.0 Å². The van der Waals surface area contributed by atoms with Crippen LogP contribution >= 0.6 is 0 Å². The second-order valence-corrected chi connectivity index (χ2v) is 5.97. The van der Waals surface area contributed by atoms with E-state index in [1.807, 2.05) is 0 Å². The molecule has 1 spiro atoms. The lowest BCUT2D eigenvalue weighted by Crippen LogP contribution is -2.49. The zero-order valence-electron chi connectivity index (χ0n) is 11.7. The van der Waals surface area contributed by atoms with E-state index in [2.05, 4.69) is 4.98 Å². The first-order valence-electron chi connectivity index (χ1n) is 7.09. The molecule has 5 nitrogen and oxygen atoms in total. The van der Waals surface area contributed by atoms with Crippen molar-refractivity contribution in [2.24, 2.45) is 0 Å². The first-order valence-corrected chi connectivity index (χ1v) is 7.09. The molecule has 6 heteroatoms. The zero-order chi connectivity index (χ0) is 14.9. The largest absolute Gasteiger partial charge is 0.481 e. The molecule has 1 aromatic rings. The molecular formula is C15H18FNO4. The third-order valence-corrected chi connectivity index (χ3v) is 4.48.